The van der Waals surface area contributed by atoms with Gasteiger partial charge in [0, 0.05) is 6.54 Å². The monoisotopic (exact) mass is 405 g/mol. The number of nitrogens with zero attached hydrogens (tertiary/aromatic N) is 2. The van der Waals surface area contributed by atoms with E-state index in [0.717, 1.165) is 11.8 Å². The number of amides is 1. The second-order valence-corrected chi connectivity index (χ2v) is 6.61. The average Bonchev–Trinajstić information content (AvgIpc) is 2.67. The fourth-order valence-corrected chi connectivity index (χ4v) is 3.43. The zero-order valence-corrected chi connectivity index (χ0v) is 15.7. The summed E-state index contributed by atoms with van der Waals surface area (Å²) in [6, 6.07) is 12.6. The van der Waals surface area contributed by atoms with E-state index in [9.17, 15) is 18.4 Å². The Hall–Kier alpha value is -2.94. The van der Waals surface area contributed by atoms with Gasteiger partial charge in [-0.25, -0.2) is 4.98 Å². The van der Waals surface area contributed by atoms with E-state index in [1.807, 2.05) is 6.92 Å². The Balaban J connectivity index is 2.05. The number of fused-ring (bicyclic) bond motifs is 1. The van der Waals surface area contributed by atoms with E-state index in [4.69, 9.17) is 0 Å². The number of nitrogens with one attached hydrogen (secondary N) is 1. The number of para-hydroxylation sites is 1. The fourth-order valence-electron chi connectivity index (χ4n) is 2.59. The third kappa shape index (κ3) is 4.48. The molecule has 0 saturated carbocycles. The van der Waals surface area contributed by atoms with E-state index in [1.54, 1.807) is 24.3 Å². The largest absolute Gasteiger partial charge is 0.435 e. The first-order chi connectivity index (χ1) is 13.5. The number of aromatic nitrogens is 2. The van der Waals surface area contributed by atoms with Crippen LogP contribution in [0.15, 0.2) is 58.5 Å². The van der Waals surface area contributed by atoms with E-state index in [1.165, 1.54) is 28.8 Å². The Morgan fingerprint density at radius 3 is 2.61 bits per heavy atom. The molecular weight excluding hydrogens is 388 g/mol. The first-order valence-corrected chi connectivity index (χ1v) is 9.44. The third-order valence-corrected chi connectivity index (χ3v) is 4.71. The summed E-state index contributed by atoms with van der Waals surface area (Å²) in [5.41, 5.74) is 0.634. The zero-order valence-electron chi connectivity index (χ0n) is 14.9. The van der Waals surface area contributed by atoms with E-state index >= 15 is 0 Å². The summed E-state index contributed by atoms with van der Waals surface area (Å²) < 4.78 is 30.4. The van der Waals surface area contributed by atoms with Gasteiger partial charge in [0.25, 0.3) is 5.56 Å². The molecule has 146 valence electrons. The van der Waals surface area contributed by atoms with Crippen molar-refractivity contribution >= 4 is 28.6 Å². The van der Waals surface area contributed by atoms with E-state index in [0.29, 0.717) is 28.3 Å². The molecule has 0 atom stereocenters. The molecule has 0 saturated heterocycles. The van der Waals surface area contributed by atoms with Crippen LogP contribution < -0.4 is 15.6 Å². The van der Waals surface area contributed by atoms with Crippen molar-refractivity contribution in [3.05, 3.63) is 58.9 Å². The van der Waals surface area contributed by atoms with Gasteiger partial charge in [-0.2, -0.15) is 8.78 Å². The van der Waals surface area contributed by atoms with Crippen LogP contribution in [0.5, 0.6) is 5.75 Å². The van der Waals surface area contributed by atoms with Crippen molar-refractivity contribution in [2.75, 3.05) is 12.3 Å². The number of alkyl halides is 2. The summed E-state index contributed by atoms with van der Waals surface area (Å²) in [5, 5.41) is 3.44. The summed E-state index contributed by atoms with van der Waals surface area (Å²) in [7, 11) is 0. The van der Waals surface area contributed by atoms with Crippen LogP contribution >= 0.6 is 11.8 Å². The Bertz CT molecular complexity index is 1040. The third-order valence-electron chi connectivity index (χ3n) is 3.77. The van der Waals surface area contributed by atoms with Gasteiger partial charge in [0.05, 0.1) is 22.3 Å². The van der Waals surface area contributed by atoms with Crippen molar-refractivity contribution in [2.24, 2.45) is 0 Å². The van der Waals surface area contributed by atoms with Crippen molar-refractivity contribution in [1.29, 1.82) is 0 Å². The Morgan fingerprint density at radius 1 is 1.21 bits per heavy atom. The van der Waals surface area contributed by atoms with Gasteiger partial charge >= 0.3 is 6.61 Å². The zero-order chi connectivity index (χ0) is 20.1. The molecule has 6 nitrogen and oxygen atoms in total. The normalized spacial score (nSPS) is 11.0. The van der Waals surface area contributed by atoms with Crippen LogP contribution in [0.3, 0.4) is 0 Å². The lowest BCUT2D eigenvalue weighted by Crippen LogP contribution is -2.26. The van der Waals surface area contributed by atoms with Crippen molar-refractivity contribution in [2.45, 2.75) is 18.7 Å². The molecular formula is C19H17F2N3O3S. The van der Waals surface area contributed by atoms with E-state index in [2.05, 4.69) is 15.0 Å². The lowest BCUT2D eigenvalue weighted by molar-refractivity contribution is -0.118. The minimum Gasteiger partial charge on any atom is -0.435 e. The van der Waals surface area contributed by atoms with Crippen molar-refractivity contribution in [3.8, 4) is 11.4 Å². The van der Waals surface area contributed by atoms with Gasteiger partial charge in [-0.1, -0.05) is 23.9 Å². The van der Waals surface area contributed by atoms with Gasteiger partial charge in [0.1, 0.15) is 5.75 Å². The maximum absolute atomic E-state index is 13.0. The molecule has 1 heterocycles. The molecule has 0 aliphatic carbocycles. The molecule has 1 N–H and O–H groups in total. The maximum Gasteiger partial charge on any atom is 0.387 e. The summed E-state index contributed by atoms with van der Waals surface area (Å²) in [6.07, 6.45) is 0. The van der Waals surface area contributed by atoms with Gasteiger partial charge < -0.3 is 10.1 Å². The van der Waals surface area contributed by atoms with Crippen LogP contribution in [0, 0.1) is 0 Å². The summed E-state index contributed by atoms with van der Waals surface area (Å²) in [6.45, 7) is -0.613. The molecule has 0 fully saturated rings. The SMILES string of the molecule is CCNC(=O)CSc1nc2ccccc2c(=O)n1-c1ccc(OC(F)F)cc1. The lowest BCUT2D eigenvalue weighted by Gasteiger charge is -2.14. The first kappa shape index (κ1) is 19.8. The number of carbonyl (C=O) groups is 1. The van der Waals surface area contributed by atoms with Crippen LogP contribution in [0.4, 0.5) is 8.78 Å². The van der Waals surface area contributed by atoms with Gasteiger partial charge in [0.2, 0.25) is 5.91 Å². The average molecular weight is 405 g/mol. The number of carbonyl (C=O) groups excluding carboxylic acids is 1. The van der Waals surface area contributed by atoms with Crippen LogP contribution in [-0.4, -0.2) is 34.4 Å². The minimum absolute atomic E-state index is 0.0166. The molecule has 0 spiro atoms. The Morgan fingerprint density at radius 2 is 1.93 bits per heavy atom. The predicted molar refractivity (Wildman–Crippen MR) is 103 cm³/mol. The quantitative estimate of drug-likeness (QED) is 0.483. The summed E-state index contributed by atoms with van der Waals surface area (Å²) >= 11 is 1.12. The standard InChI is InChI=1S/C19H17F2N3O3S/c1-2-22-16(25)11-28-19-23-15-6-4-3-5-14(15)17(26)24(19)12-7-9-13(10-8-12)27-18(20)21/h3-10,18H,2,11H2,1H3,(H,22,25). The molecule has 0 bridgehead atoms. The van der Waals surface area contributed by atoms with E-state index in [-0.39, 0.29) is 23.0 Å². The van der Waals surface area contributed by atoms with Crippen molar-refractivity contribution < 1.29 is 18.3 Å². The molecule has 0 aliphatic rings. The highest BCUT2D eigenvalue weighted by Gasteiger charge is 2.15. The minimum atomic E-state index is -2.93. The van der Waals surface area contributed by atoms with Gasteiger partial charge in [-0.3, -0.25) is 14.2 Å². The number of thioether (sulfide) groups is 1. The van der Waals surface area contributed by atoms with Crippen LogP contribution in [0.1, 0.15) is 6.92 Å². The number of hydrogen-bond donors (Lipinski definition) is 1. The fraction of sp³-hybridized carbons (Fsp3) is 0.211. The maximum atomic E-state index is 13.0. The van der Waals surface area contributed by atoms with Crippen molar-refractivity contribution in [1.82, 2.24) is 14.9 Å². The second-order valence-electron chi connectivity index (χ2n) is 5.67. The Labute approximate surface area is 163 Å². The van der Waals surface area contributed by atoms with Gasteiger partial charge in [0.15, 0.2) is 5.16 Å². The molecule has 3 aromatic rings. The molecule has 1 amide bonds. The number of halogens is 2. The number of hydrogen-bond acceptors (Lipinski definition) is 5. The topological polar surface area (TPSA) is 73.2 Å². The Kier molecular flexibility index (Phi) is 6.25. The number of ether oxygens (including phenoxy) is 1. The molecule has 1 aromatic heterocycles. The van der Waals surface area contributed by atoms with Crippen LogP contribution in [0.2, 0.25) is 0 Å². The van der Waals surface area contributed by atoms with Crippen LogP contribution in [0.25, 0.3) is 16.6 Å². The molecule has 3 rings (SSSR count). The van der Waals surface area contributed by atoms with Gasteiger partial charge in [-0.05, 0) is 43.3 Å². The highest BCUT2D eigenvalue weighted by molar-refractivity contribution is 7.99. The molecule has 0 aliphatic heterocycles. The molecule has 2 aromatic carbocycles. The van der Waals surface area contributed by atoms with E-state index < -0.39 is 6.61 Å². The summed E-state index contributed by atoms with van der Waals surface area (Å²) in [5.74, 6) is -0.107. The highest BCUT2D eigenvalue weighted by Crippen LogP contribution is 2.23. The number of rotatable bonds is 7. The summed E-state index contributed by atoms with van der Waals surface area (Å²) in [4.78, 5) is 29.4. The van der Waals surface area contributed by atoms with Crippen molar-refractivity contribution in [3.63, 3.8) is 0 Å². The molecule has 28 heavy (non-hydrogen) atoms. The first-order valence-electron chi connectivity index (χ1n) is 8.46. The molecule has 9 heteroatoms. The second kappa shape index (κ2) is 8.83. The molecule has 0 radical (unpaired) electrons. The predicted octanol–water partition coefficient (Wildman–Crippen LogP) is 3.22. The number of benzene rings is 2. The smallest absolute Gasteiger partial charge is 0.387 e. The van der Waals surface area contributed by atoms with Gasteiger partial charge in [-0.15, -0.1) is 0 Å². The lowest BCUT2D eigenvalue weighted by atomic mass is 10.2. The highest BCUT2D eigenvalue weighted by atomic mass is 32.2. The van der Waals surface area contributed by atoms with Crippen LogP contribution in [-0.2, 0) is 4.79 Å². The molecule has 0 unspecified atom stereocenters.